The van der Waals surface area contributed by atoms with Crippen LogP contribution in [0.4, 0.5) is 5.69 Å². The number of benzene rings is 1. The van der Waals surface area contributed by atoms with E-state index in [1.807, 2.05) is 12.1 Å². The highest BCUT2D eigenvalue weighted by atomic mass is 35.5. The summed E-state index contributed by atoms with van der Waals surface area (Å²) in [7, 11) is 0. The van der Waals surface area contributed by atoms with Gasteiger partial charge in [-0.2, -0.15) is 0 Å². The lowest BCUT2D eigenvalue weighted by atomic mass is 9.92. The van der Waals surface area contributed by atoms with Gasteiger partial charge in [-0.15, -0.1) is 0 Å². The van der Waals surface area contributed by atoms with Crippen molar-refractivity contribution in [3.8, 4) is 0 Å². The van der Waals surface area contributed by atoms with Crippen LogP contribution in [0.25, 0.3) is 0 Å². The van der Waals surface area contributed by atoms with Crippen molar-refractivity contribution in [1.29, 1.82) is 0 Å². The zero-order valence-electron chi connectivity index (χ0n) is 12.2. The van der Waals surface area contributed by atoms with Gasteiger partial charge >= 0.3 is 0 Å². The fourth-order valence-electron chi connectivity index (χ4n) is 2.68. The molecule has 114 valence electrons. The highest BCUT2D eigenvalue weighted by Gasteiger charge is 2.15. The maximum atomic E-state index is 12.1. The summed E-state index contributed by atoms with van der Waals surface area (Å²) in [6.45, 7) is 2.14. The van der Waals surface area contributed by atoms with Gasteiger partial charge in [0.1, 0.15) is 5.69 Å². The van der Waals surface area contributed by atoms with Crippen LogP contribution in [0.3, 0.4) is 0 Å². The summed E-state index contributed by atoms with van der Waals surface area (Å²) in [6.07, 6.45) is 3.90. The van der Waals surface area contributed by atoms with E-state index in [9.17, 15) is 4.79 Å². The summed E-state index contributed by atoms with van der Waals surface area (Å²) >= 11 is 5.77. The Balaban J connectivity index is 1.65. The standard InChI is InChI=1S/C17H18ClN3O/c18-14-5-8-16(20-11-14)17(22)21-15-6-3-12(4-7-15)13-2-1-9-19-10-13/h3-8,11,13,19H,1-2,9-10H2,(H,21,22). The summed E-state index contributed by atoms with van der Waals surface area (Å²) in [6, 6.07) is 11.3. The molecular weight excluding hydrogens is 298 g/mol. The van der Waals surface area contributed by atoms with Gasteiger partial charge in [0.2, 0.25) is 0 Å². The molecule has 1 aromatic carbocycles. The van der Waals surface area contributed by atoms with Crippen molar-refractivity contribution in [2.75, 3.05) is 18.4 Å². The van der Waals surface area contributed by atoms with Gasteiger partial charge in [0.25, 0.3) is 5.91 Å². The maximum absolute atomic E-state index is 12.1. The number of carbonyl (C=O) groups excluding carboxylic acids is 1. The van der Waals surface area contributed by atoms with Crippen LogP contribution in [0, 0.1) is 0 Å². The SMILES string of the molecule is O=C(Nc1ccc(C2CCCNC2)cc1)c1ccc(Cl)cn1. The minimum Gasteiger partial charge on any atom is -0.321 e. The Kier molecular flexibility index (Phi) is 4.71. The van der Waals surface area contributed by atoms with E-state index in [0.29, 0.717) is 16.6 Å². The van der Waals surface area contributed by atoms with Crippen molar-refractivity contribution in [3.63, 3.8) is 0 Å². The van der Waals surface area contributed by atoms with Crippen molar-refractivity contribution in [2.45, 2.75) is 18.8 Å². The summed E-state index contributed by atoms with van der Waals surface area (Å²) < 4.78 is 0. The van der Waals surface area contributed by atoms with E-state index in [2.05, 4.69) is 27.8 Å². The average molecular weight is 316 g/mol. The molecule has 0 aliphatic carbocycles. The molecule has 0 spiro atoms. The van der Waals surface area contributed by atoms with Gasteiger partial charge in [-0.3, -0.25) is 4.79 Å². The predicted octanol–water partition coefficient (Wildman–Crippen LogP) is 3.45. The van der Waals surface area contributed by atoms with Crippen LogP contribution < -0.4 is 10.6 Å². The summed E-state index contributed by atoms with van der Waals surface area (Å²) in [4.78, 5) is 16.1. The second-order valence-electron chi connectivity index (χ2n) is 5.48. The molecule has 1 aliphatic heterocycles. The van der Waals surface area contributed by atoms with Crippen molar-refractivity contribution < 1.29 is 4.79 Å². The van der Waals surface area contributed by atoms with E-state index < -0.39 is 0 Å². The zero-order chi connectivity index (χ0) is 15.4. The van der Waals surface area contributed by atoms with E-state index in [1.54, 1.807) is 12.1 Å². The number of carbonyl (C=O) groups is 1. The van der Waals surface area contributed by atoms with Gasteiger partial charge in [-0.1, -0.05) is 23.7 Å². The molecule has 1 atom stereocenters. The largest absolute Gasteiger partial charge is 0.321 e. The monoisotopic (exact) mass is 315 g/mol. The van der Waals surface area contributed by atoms with Crippen LogP contribution in [-0.2, 0) is 0 Å². The Labute approximate surface area is 134 Å². The molecule has 2 N–H and O–H groups in total. The number of hydrogen-bond acceptors (Lipinski definition) is 3. The molecule has 3 rings (SSSR count). The first-order chi connectivity index (χ1) is 10.7. The van der Waals surface area contributed by atoms with Crippen LogP contribution in [-0.4, -0.2) is 24.0 Å². The lowest BCUT2D eigenvalue weighted by Gasteiger charge is -2.23. The predicted molar refractivity (Wildman–Crippen MR) is 88.5 cm³/mol. The molecule has 1 aromatic heterocycles. The first kappa shape index (κ1) is 15.0. The molecule has 4 nitrogen and oxygen atoms in total. The van der Waals surface area contributed by atoms with Gasteiger partial charge in [-0.25, -0.2) is 4.98 Å². The van der Waals surface area contributed by atoms with E-state index in [1.165, 1.54) is 24.6 Å². The molecule has 1 saturated heterocycles. The molecule has 1 aliphatic rings. The van der Waals surface area contributed by atoms with Gasteiger partial charge in [0.05, 0.1) is 5.02 Å². The molecule has 1 amide bonds. The van der Waals surface area contributed by atoms with Gasteiger partial charge in [0, 0.05) is 18.4 Å². The van der Waals surface area contributed by atoms with Crippen molar-refractivity contribution in [1.82, 2.24) is 10.3 Å². The topological polar surface area (TPSA) is 54.0 Å². The average Bonchev–Trinajstić information content (AvgIpc) is 2.57. The fourth-order valence-corrected chi connectivity index (χ4v) is 2.79. The highest BCUT2D eigenvalue weighted by Crippen LogP contribution is 2.24. The fraction of sp³-hybridized carbons (Fsp3) is 0.294. The number of hydrogen-bond donors (Lipinski definition) is 2. The summed E-state index contributed by atoms with van der Waals surface area (Å²) in [5, 5.41) is 6.78. The number of nitrogens with one attached hydrogen (secondary N) is 2. The molecule has 1 unspecified atom stereocenters. The van der Waals surface area contributed by atoms with Crippen molar-refractivity contribution in [2.24, 2.45) is 0 Å². The second-order valence-corrected chi connectivity index (χ2v) is 5.92. The van der Waals surface area contributed by atoms with Crippen molar-refractivity contribution >= 4 is 23.2 Å². The van der Waals surface area contributed by atoms with E-state index in [-0.39, 0.29) is 5.91 Å². The Morgan fingerprint density at radius 1 is 1.23 bits per heavy atom. The third-order valence-corrected chi connectivity index (χ3v) is 4.12. The molecule has 0 radical (unpaired) electrons. The normalized spacial score (nSPS) is 18.0. The van der Waals surface area contributed by atoms with E-state index in [0.717, 1.165) is 18.8 Å². The number of pyridine rings is 1. The molecule has 0 saturated carbocycles. The number of anilines is 1. The van der Waals surface area contributed by atoms with E-state index >= 15 is 0 Å². The third-order valence-electron chi connectivity index (χ3n) is 3.90. The molecule has 2 aromatic rings. The Bertz CT molecular complexity index is 634. The van der Waals surface area contributed by atoms with Gasteiger partial charge < -0.3 is 10.6 Å². The number of nitrogens with zero attached hydrogens (tertiary/aromatic N) is 1. The van der Waals surface area contributed by atoms with Crippen molar-refractivity contribution in [3.05, 3.63) is 58.9 Å². The lowest BCUT2D eigenvalue weighted by molar-refractivity contribution is 0.102. The Hall–Kier alpha value is -1.91. The summed E-state index contributed by atoms with van der Waals surface area (Å²) in [5.74, 6) is 0.334. The number of rotatable bonds is 3. The van der Waals surface area contributed by atoms with Crippen LogP contribution in [0.15, 0.2) is 42.6 Å². The maximum Gasteiger partial charge on any atom is 0.274 e. The van der Waals surface area contributed by atoms with E-state index in [4.69, 9.17) is 11.6 Å². The first-order valence-corrected chi connectivity index (χ1v) is 7.84. The summed E-state index contributed by atoms with van der Waals surface area (Å²) in [5.41, 5.74) is 2.44. The van der Waals surface area contributed by atoms with Crippen LogP contribution in [0.2, 0.25) is 5.02 Å². The number of amides is 1. The number of halogens is 1. The molecule has 0 bridgehead atoms. The smallest absolute Gasteiger partial charge is 0.274 e. The molecular formula is C17H18ClN3O. The molecule has 1 fully saturated rings. The zero-order valence-corrected chi connectivity index (χ0v) is 12.9. The highest BCUT2D eigenvalue weighted by molar-refractivity contribution is 6.30. The lowest BCUT2D eigenvalue weighted by Crippen LogP contribution is -2.28. The second kappa shape index (κ2) is 6.90. The third kappa shape index (κ3) is 3.64. The molecule has 22 heavy (non-hydrogen) atoms. The molecule has 5 heteroatoms. The minimum atomic E-state index is -0.233. The van der Waals surface area contributed by atoms with Crippen LogP contribution in [0.1, 0.15) is 34.8 Å². The van der Waals surface area contributed by atoms with Gasteiger partial charge in [-0.05, 0) is 55.1 Å². The van der Waals surface area contributed by atoms with Crippen LogP contribution >= 0.6 is 11.6 Å². The van der Waals surface area contributed by atoms with Crippen LogP contribution in [0.5, 0.6) is 0 Å². The minimum absolute atomic E-state index is 0.233. The van der Waals surface area contributed by atoms with Gasteiger partial charge in [0.15, 0.2) is 0 Å². The Morgan fingerprint density at radius 3 is 2.68 bits per heavy atom. The number of aromatic nitrogens is 1. The quantitative estimate of drug-likeness (QED) is 0.912. The number of piperidine rings is 1. The Morgan fingerprint density at radius 2 is 2.05 bits per heavy atom. The molecule has 2 heterocycles. The first-order valence-electron chi connectivity index (χ1n) is 7.46.